The summed E-state index contributed by atoms with van der Waals surface area (Å²) in [7, 11) is -3.37. The molecule has 10 nitrogen and oxygen atoms in total. The van der Waals surface area contributed by atoms with Crippen LogP contribution in [0.25, 0.3) is 0 Å². The lowest BCUT2D eigenvalue weighted by Gasteiger charge is -2.25. The lowest BCUT2D eigenvalue weighted by atomic mass is 10.2. The zero-order chi connectivity index (χ0) is 26.8. The van der Waals surface area contributed by atoms with E-state index in [2.05, 4.69) is 4.72 Å². The fraction of sp³-hybridized carbons (Fsp3) is 0.269. The van der Waals surface area contributed by atoms with Crippen LogP contribution in [0.3, 0.4) is 0 Å². The summed E-state index contributed by atoms with van der Waals surface area (Å²) >= 11 is 0. The van der Waals surface area contributed by atoms with E-state index in [4.69, 9.17) is 15.2 Å². The number of nitrogens with two attached hydrogens (primary N) is 1. The van der Waals surface area contributed by atoms with E-state index < -0.39 is 22.0 Å². The maximum atomic E-state index is 11.4. The van der Waals surface area contributed by atoms with Crippen molar-refractivity contribution in [2.24, 2.45) is 5.73 Å². The molecule has 0 saturated carbocycles. The maximum absolute atomic E-state index is 11.4. The van der Waals surface area contributed by atoms with Gasteiger partial charge < -0.3 is 25.4 Å². The summed E-state index contributed by atoms with van der Waals surface area (Å²) in [6, 6.07) is 20.5. The van der Waals surface area contributed by atoms with E-state index in [0.29, 0.717) is 36.8 Å². The lowest BCUT2D eigenvalue weighted by Crippen LogP contribution is -2.37. The number of carbonyl (C=O) groups is 1. The van der Waals surface area contributed by atoms with Crippen molar-refractivity contribution in [1.82, 2.24) is 4.90 Å². The molecule has 0 aliphatic heterocycles. The first-order valence-corrected chi connectivity index (χ1v) is 13.4. The highest BCUT2D eigenvalue weighted by atomic mass is 32.2. The first-order valence-electron chi connectivity index (χ1n) is 11.5. The molecule has 5 N–H and O–H groups in total. The number of amides is 1. The highest BCUT2D eigenvalue weighted by Gasteiger charge is 2.15. The Morgan fingerprint density at radius 1 is 1.03 bits per heavy atom. The van der Waals surface area contributed by atoms with E-state index in [-0.39, 0.29) is 24.5 Å². The number of nitrogens with one attached hydrogen (secondary N) is 1. The highest BCUT2D eigenvalue weighted by molar-refractivity contribution is 7.92. The number of nitrogens with zero attached hydrogens (tertiary/aromatic N) is 1. The Morgan fingerprint density at radius 2 is 1.70 bits per heavy atom. The Morgan fingerprint density at radius 3 is 2.35 bits per heavy atom. The van der Waals surface area contributed by atoms with Gasteiger partial charge in [0.15, 0.2) is 0 Å². The molecule has 0 saturated heterocycles. The highest BCUT2D eigenvalue weighted by Crippen LogP contribution is 2.22. The minimum absolute atomic E-state index is 0.0219. The van der Waals surface area contributed by atoms with Gasteiger partial charge in [0.2, 0.25) is 10.0 Å². The van der Waals surface area contributed by atoms with E-state index in [1.165, 1.54) is 12.1 Å². The van der Waals surface area contributed by atoms with Gasteiger partial charge in [-0.25, -0.2) is 8.42 Å². The average molecular weight is 530 g/mol. The predicted octanol–water partition coefficient (Wildman–Crippen LogP) is 2.18. The van der Waals surface area contributed by atoms with Crippen molar-refractivity contribution in [2.45, 2.75) is 12.6 Å². The van der Waals surface area contributed by atoms with Crippen molar-refractivity contribution < 1.29 is 32.9 Å². The van der Waals surface area contributed by atoms with Crippen molar-refractivity contribution in [3.8, 4) is 17.2 Å². The Labute approximate surface area is 216 Å². The third-order valence-electron chi connectivity index (χ3n) is 5.23. The van der Waals surface area contributed by atoms with Crippen LogP contribution in [-0.4, -0.2) is 68.1 Å². The van der Waals surface area contributed by atoms with Gasteiger partial charge in [0.05, 0.1) is 11.8 Å². The Hall–Kier alpha value is -3.80. The molecule has 0 fully saturated rings. The third-order valence-corrected chi connectivity index (χ3v) is 5.83. The smallest absolute Gasteiger partial charge is 0.252 e. The van der Waals surface area contributed by atoms with E-state index >= 15 is 0 Å². The standard InChI is InChI=1S/C26H31N3O7S/c1-37(33,34)28-20-7-9-22(10-8-20)36-18-21(30)17-29(16-19-5-3-2-4-6-19)13-14-35-23-11-12-25(31)24(15-23)26(27)32/h2-12,15,21,28,30-31H,13-14,16-18H2,1H3,(H2,27,32). The second kappa shape index (κ2) is 12.9. The third kappa shape index (κ3) is 9.64. The van der Waals surface area contributed by atoms with Crippen LogP contribution >= 0.6 is 0 Å². The quantitative estimate of drug-likeness (QED) is 0.248. The molecular weight excluding hydrogens is 498 g/mol. The normalized spacial score (nSPS) is 12.2. The number of phenols is 1. The average Bonchev–Trinajstić information content (AvgIpc) is 2.84. The molecule has 0 radical (unpaired) electrons. The van der Waals surface area contributed by atoms with E-state index in [1.54, 1.807) is 30.3 Å². The monoisotopic (exact) mass is 529 g/mol. The summed E-state index contributed by atoms with van der Waals surface area (Å²) in [6.07, 6.45) is 0.260. The van der Waals surface area contributed by atoms with Crippen LogP contribution in [-0.2, 0) is 16.6 Å². The van der Waals surface area contributed by atoms with E-state index in [1.807, 2.05) is 35.2 Å². The summed E-state index contributed by atoms with van der Waals surface area (Å²) < 4.78 is 36.5. The second-order valence-corrected chi connectivity index (χ2v) is 10.2. The van der Waals surface area contributed by atoms with Gasteiger partial charge in [-0.05, 0) is 48.0 Å². The molecule has 11 heteroatoms. The van der Waals surface area contributed by atoms with Crippen molar-refractivity contribution in [1.29, 1.82) is 0 Å². The molecule has 0 aromatic heterocycles. The fourth-order valence-electron chi connectivity index (χ4n) is 3.55. The molecule has 1 unspecified atom stereocenters. The van der Waals surface area contributed by atoms with Gasteiger partial charge in [-0.1, -0.05) is 30.3 Å². The number of rotatable bonds is 14. The van der Waals surface area contributed by atoms with Crippen LogP contribution in [0.1, 0.15) is 15.9 Å². The first-order chi connectivity index (χ1) is 17.6. The molecule has 1 amide bonds. The molecule has 3 aromatic rings. The number of hydrogen-bond donors (Lipinski definition) is 4. The molecular formula is C26H31N3O7S. The van der Waals surface area contributed by atoms with Gasteiger partial charge in [-0.15, -0.1) is 0 Å². The molecule has 0 bridgehead atoms. The summed E-state index contributed by atoms with van der Waals surface area (Å²) in [5.41, 5.74) is 6.73. The number of primary amides is 1. The van der Waals surface area contributed by atoms with Crippen molar-refractivity contribution in [3.05, 3.63) is 83.9 Å². The van der Waals surface area contributed by atoms with Crippen LogP contribution in [0.15, 0.2) is 72.8 Å². The van der Waals surface area contributed by atoms with Gasteiger partial charge in [0.25, 0.3) is 5.91 Å². The molecule has 3 rings (SSSR count). The van der Waals surface area contributed by atoms with Crippen LogP contribution < -0.4 is 19.9 Å². The van der Waals surface area contributed by atoms with Crippen LogP contribution in [0.2, 0.25) is 0 Å². The zero-order valence-corrected chi connectivity index (χ0v) is 21.2. The first kappa shape index (κ1) is 27.8. The number of hydrogen-bond acceptors (Lipinski definition) is 8. The summed E-state index contributed by atoms with van der Waals surface area (Å²) in [6.45, 7) is 1.62. The number of aliphatic hydroxyl groups excluding tert-OH is 1. The number of aromatic hydroxyl groups is 1. The molecule has 0 heterocycles. The number of sulfonamides is 1. The molecule has 37 heavy (non-hydrogen) atoms. The molecule has 198 valence electrons. The van der Waals surface area contributed by atoms with Gasteiger partial charge >= 0.3 is 0 Å². The molecule has 0 aliphatic rings. The molecule has 0 spiro atoms. The van der Waals surface area contributed by atoms with Crippen molar-refractivity contribution >= 4 is 21.6 Å². The number of carbonyl (C=O) groups excluding carboxylic acids is 1. The maximum Gasteiger partial charge on any atom is 0.252 e. The topological polar surface area (TPSA) is 151 Å². The minimum atomic E-state index is -3.37. The Bertz CT molecular complexity index is 1270. The Balaban J connectivity index is 1.56. The van der Waals surface area contributed by atoms with Gasteiger partial charge in [-0.2, -0.15) is 0 Å². The van der Waals surface area contributed by atoms with E-state index in [9.17, 15) is 23.4 Å². The largest absolute Gasteiger partial charge is 0.507 e. The van der Waals surface area contributed by atoms with Gasteiger partial charge in [-0.3, -0.25) is 14.4 Å². The zero-order valence-electron chi connectivity index (χ0n) is 20.4. The van der Waals surface area contributed by atoms with Crippen molar-refractivity contribution in [2.75, 3.05) is 37.3 Å². The predicted molar refractivity (Wildman–Crippen MR) is 140 cm³/mol. The molecule has 1 atom stereocenters. The van der Waals surface area contributed by atoms with Gasteiger partial charge in [0.1, 0.15) is 36.6 Å². The van der Waals surface area contributed by atoms with Gasteiger partial charge in [0, 0.05) is 25.3 Å². The second-order valence-electron chi connectivity index (χ2n) is 8.48. The summed E-state index contributed by atoms with van der Waals surface area (Å²) in [4.78, 5) is 13.5. The minimum Gasteiger partial charge on any atom is -0.507 e. The number of ether oxygens (including phenoxy) is 2. The fourth-order valence-corrected chi connectivity index (χ4v) is 4.11. The molecule has 3 aromatic carbocycles. The number of anilines is 1. The summed E-state index contributed by atoms with van der Waals surface area (Å²) in [5, 5.41) is 20.4. The van der Waals surface area contributed by atoms with Crippen LogP contribution in [0, 0.1) is 0 Å². The van der Waals surface area contributed by atoms with Crippen LogP contribution in [0.5, 0.6) is 17.2 Å². The number of benzene rings is 3. The summed E-state index contributed by atoms with van der Waals surface area (Å²) in [5.74, 6) is -0.0781. The number of aliphatic hydroxyl groups is 1. The lowest BCUT2D eigenvalue weighted by molar-refractivity contribution is 0.0605. The van der Waals surface area contributed by atoms with Crippen LogP contribution in [0.4, 0.5) is 5.69 Å². The van der Waals surface area contributed by atoms with E-state index in [0.717, 1.165) is 11.8 Å². The molecule has 0 aliphatic carbocycles. The SMILES string of the molecule is CS(=O)(=O)Nc1ccc(OCC(O)CN(CCOc2ccc(O)c(C(N)=O)c2)Cc2ccccc2)cc1. The Kier molecular flexibility index (Phi) is 9.72. The van der Waals surface area contributed by atoms with Crippen molar-refractivity contribution in [3.63, 3.8) is 0 Å².